The van der Waals surface area contributed by atoms with E-state index in [1.165, 1.54) is 6.20 Å². The van der Waals surface area contributed by atoms with Gasteiger partial charge in [-0.05, 0) is 42.0 Å². The van der Waals surface area contributed by atoms with Gasteiger partial charge in [-0.1, -0.05) is 24.3 Å². The molecule has 8 nitrogen and oxygen atoms in total. The number of primary amides is 1. The zero-order valence-electron chi connectivity index (χ0n) is 16.2. The number of rotatable bonds is 6. The number of nitrogens with zero attached hydrogens (tertiary/aromatic N) is 3. The minimum atomic E-state index is -0.617. The lowest BCUT2D eigenvalue weighted by molar-refractivity contribution is -0.115. The largest absolute Gasteiger partial charge is 0.438 e. The van der Waals surface area contributed by atoms with Crippen LogP contribution in [0.1, 0.15) is 15.9 Å². The summed E-state index contributed by atoms with van der Waals surface area (Å²) in [7, 11) is 1.84. The van der Waals surface area contributed by atoms with Crippen molar-refractivity contribution in [2.45, 2.75) is 6.42 Å². The first-order chi connectivity index (χ1) is 14.5. The Balaban J connectivity index is 1.43. The van der Waals surface area contributed by atoms with Crippen LogP contribution in [-0.4, -0.2) is 26.6 Å². The fourth-order valence-corrected chi connectivity index (χ4v) is 3.11. The molecule has 2 heterocycles. The normalized spacial score (nSPS) is 10.7. The van der Waals surface area contributed by atoms with Crippen molar-refractivity contribution in [1.29, 1.82) is 0 Å². The van der Waals surface area contributed by atoms with E-state index in [9.17, 15) is 9.59 Å². The number of amides is 2. The second-order valence-electron chi connectivity index (χ2n) is 6.68. The molecule has 4 rings (SSSR count). The van der Waals surface area contributed by atoms with Gasteiger partial charge in [-0.3, -0.25) is 14.3 Å². The van der Waals surface area contributed by atoms with Gasteiger partial charge in [0.2, 0.25) is 11.8 Å². The van der Waals surface area contributed by atoms with Gasteiger partial charge in [0, 0.05) is 18.6 Å². The Morgan fingerprint density at radius 3 is 2.60 bits per heavy atom. The molecular weight excluding hydrogens is 382 g/mol. The van der Waals surface area contributed by atoms with E-state index >= 15 is 0 Å². The second-order valence-corrected chi connectivity index (χ2v) is 6.68. The number of pyridine rings is 1. The maximum absolute atomic E-state index is 12.5. The molecule has 4 aromatic rings. The second kappa shape index (κ2) is 8.04. The summed E-state index contributed by atoms with van der Waals surface area (Å²) in [5, 5.41) is 8.13. The summed E-state index contributed by atoms with van der Waals surface area (Å²) in [6.07, 6.45) is 1.70. The fraction of sp³-hybridized carbons (Fsp3) is 0.0909. The molecule has 0 unspecified atom stereocenters. The highest BCUT2D eigenvalue weighted by Crippen LogP contribution is 2.24. The summed E-state index contributed by atoms with van der Waals surface area (Å²) in [4.78, 5) is 28.0. The van der Waals surface area contributed by atoms with Crippen LogP contribution in [0.2, 0.25) is 0 Å². The van der Waals surface area contributed by atoms with Crippen LogP contribution in [0, 0.1) is 0 Å². The lowest BCUT2D eigenvalue weighted by Gasteiger charge is -2.08. The minimum Gasteiger partial charge on any atom is -0.438 e. The van der Waals surface area contributed by atoms with Gasteiger partial charge in [-0.2, -0.15) is 5.10 Å². The number of fused-ring (bicyclic) bond motifs is 1. The van der Waals surface area contributed by atoms with Crippen LogP contribution in [0.3, 0.4) is 0 Å². The van der Waals surface area contributed by atoms with E-state index in [1.54, 1.807) is 41.1 Å². The molecule has 8 heteroatoms. The van der Waals surface area contributed by atoms with Crippen molar-refractivity contribution in [2.24, 2.45) is 12.8 Å². The third-order valence-electron chi connectivity index (χ3n) is 4.55. The molecule has 2 aromatic heterocycles. The van der Waals surface area contributed by atoms with E-state index in [2.05, 4.69) is 15.4 Å². The molecule has 0 saturated carbocycles. The third-order valence-corrected chi connectivity index (χ3v) is 4.55. The molecule has 0 atom stereocenters. The van der Waals surface area contributed by atoms with Gasteiger partial charge in [-0.25, -0.2) is 4.98 Å². The van der Waals surface area contributed by atoms with Crippen molar-refractivity contribution in [2.75, 3.05) is 5.32 Å². The third kappa shape index (κ3) is 3.97. The van der Waals surface area contributed by atoms with Crippen molar-refractivity contribution < 1.29 is 14.3 Å². The average molecular weight is 401 g/mol. The smallest absolute Gasteiger partial charge is 0.254 e. The molecule has 0 radical (unpaired) electrons. The highest BCUT2D eigenvalue weighted by Gasteiger charge is 2.13. The van der Waals surface area contributed by atoms with Crippen LogP contribution >= 0.6 is 0 Å². The van der Waals surface area contributed by atoms with E-state index < -0.39 is 5.91 Å². The standard InChI is InChI=1S/C22H19N5O3/c1-27-18-7-3-2-5-16(18)21(26-27)25-19(28)13-14-8-10-15(11-9-14)30-22-17(20(23)29)6-4-12-24-22/h2-12H,13H2,1H3,(H2,23,29)(H,25,26,28). The molecule has 0 aliphatic rings. The minimum absolute atomic E-state index is 0.137. The summed E-state index contributed by atoms with van der Waals surface area (Å²) < 4.78 is 7.38. The summed E-state index contributed by atoms with van der Waals surface area (Å²) >= 11 is 0. The van der Waals surface area contributed by atoms with Crippen molar-refractivity contribution >= 4 is 28.5 Å². The topological polar surface area (TPSA) is 112 Å². The van der Waals surface area contributed by atoms with Gasteiger partial charge >= 0.3 is 0 Å². The van der Waals surface area contributed by atoms with Crippen molar-refractivity contribution in [1.82, 2.24) is 14.8 Å². The Morgan fingerprint density at radius 1 is 1.07 bits per heavy atom. The first-order valence-electron chi connectivity index (χ1n) is 9.24. The summed E-state index contributed by atoms with van der Waals surface area (Å²) in [6, 6.07) is 17.8. The molecule has 0 spiro atoms. The van der Waals surface area contributed by atoms with E-state index in [0.29, 0.717) is 11.6 Å². The molecule has 0 aliphatic carbocycles. The van der Waals surface area contributed by atoms with Crippen molar-refractivity contribution in [3.63, 3.8) is 0 Å². The number of hydrogen-bond donors (Lipinski definition) is 2. The summed E-state index contributed by atoms with van der Waals surface area (Å²) in [5.74, 6) is 0.363. The molecule has 0 aliphatic heterocycles. The van der Waals surface area contributed by atoms with Crippen LogP contribution < -0.4 is 15.8 Å². The zero-order valence-corrected chi connectivity index (χ0v) is 16.2. The predicted octanol–water partition coefficient (Wildman–Crippen LogP) is 3.04. The first-order valence-corrected chi connectivity index (χ1v) is 9.24. The molecule has 0 saturated heterocycles. The number of carbonyl (C=O) groups excluding carboxylic acids is 2. The Labute approximate surface area is 172 Å². The van der Waals surface area contributed by atoms with E-state index in [0.717, 1.165) is 16.5 Å². The summed E-state index contributed by atoms with van der Waals surface area (Å²) in [5.41, 5.74) is 7.28. The van der Waals surface area contributed by atoms with Gasteiger partial charge in [0.05, 0.1) is 11.9 Å². The van der Waals surface area contributed by atoms with Gasteiger partial charge in [0.15, 0.2) is 5.82 Å². The predicted molar refractivity (Wildman–Crippen MR) is 112 cm³/mol. The van der Waals surface area contributed by atoms with Crippen LogP contribution in [0.4, 0.5) is 5.82 Å². The maximum atomic E-state index is 12.5. The SMILES string of the molecule is Cn1nc(NC(=O)Cc2ccc(Oc3ncccc3C(N)=O)cc2)c2ccccc21. The Bertz CT molecular complexity index is 1230. The molecule has 3 N–H and O–H groups in total. The number of aromatic nitrogens is 3. The fourth-order valence-electron chi connectivity index (χ4n) is 3.11. The highest BCUT2D eigenvalue weighted by atomic mass is 16.5. The van der Waals surface area contributed by atoms with E-state index in [4.69, 9.17) is 10.5 Å². The van der Waals surface area contributed by atoms with Crippen molar-refractivity contribution in [3.05, 3.63) is 78.0 Å². The monoisotopic (exact) mass is 401 g/mol. The molecule has 2 aromatic carbocycles. The number of anilines is 1. The first kappa shape index (κ1) is 19.1. The average Bonchev–Trinajstić information content (AvgIpc) is 3.05. The number of benzene rings is 2. The Hall–Kier alpha value is -4.20. The molecule has 150 valence electrons. The number of aryl methyl sites for hydroxylation is 1. The number of para-hydroxylation sites is 1. The lowest BCUT2D eigenvalue weighted by Crippen LogP contribution is -2.15. The van der Waals surface area contributed by atoms with Gasteiger partial charge < -0.3 is 15.8 Å². The van der Waals surface area contributed by atoms with E-state index in [-0.39, 0.29) is 23.8 Å². The van der Waals surface area contributed by atoms with Gasteiger partial charge in [0.1, 0.15) is 11.3 Å². The van der Waals surface area contributed by atoms with Crippen LogP contribution in [0.25, 0.3) is 10.9 Å². The number of ether oxygens (including phenoxy) is 1. The van der Waals surface area contributed by atoms with E-state index in [1.807, 2.05) is 31.3 Å². The Morgan fingerprint density at radius 2 is 1.83 bits per heavy atom. The van der Waals surface area contributed by atoms with Gasteiger partial charge in [0.25, 0.3) is 5.91 Å². The quantitative estimate of drug-likeness (QED) is 0.516. The van der Waals surface area contributed by atoms with Crippen LogP contribution in [0.5, 0.6) is 11.6 Å². The highest BCUT2D eigenvalue weighted by molar-refractivity contribution is 6.00. The number of hydrogen-bond acceptors (Lipinski definition) is 5. The zero-order chi connectivity index (χ0) is 21.1. The maximum Gasteiger partial charge on any atom is 0.254 e. The summed E-state index contributed by atoms with van der Waals surface area (Å²) in [6.45, 7) is 0. The molecule has 2 amide bonds. The number of nitrogens with two attached hydrogens (primary N) is 1. The molecule has 30 heavy (non-hydrogen) atoms. The van der Waals surface area contributed by atoms with Crippen molar-refractivity contribution in [3.8, 4) is 11.6 Å². The molecular formula is C22H19N5O3. The van der Waals surface area contributed by atoms with Gasteiger partial charge in [-0.15, -0.1) is 0 Å². The van der Waals surface area contributed by atoms with Crippen LogP contribution in [0.15, 0.2) is 66.9 Å². The van der Waals surface area contributed by atoms with Crippen LogP contribution in [-0.2, 0) is 18.3 Å². The lowest BCUT2D eigenvalue weighted by atomic mass is 10.1. The molecule has 0 fully saturated rings. The Kier molecular flexibility index (Phi) is 5.13. The number of nitrogens with one attached hydrogen (secondary N) is 1. The number of carbonyl (C=O) groups is 2. The molecule has 0 bridgehead atoms.